The van der Waals surface area contributed by atoms with Gasteiger partial charge in [-0.05, 0) is 43.0 Å². The zero-order chi connectivity index (χ0) is 27.2. The fourth-order valence-corrected chi connectivity index (χ4v) is 5.07. The maximum absolute atomic E-state index is 13.3. The monoisotopic (exact) mass is 518 g/mol. The molecule has 0 aliphatic carbocycles. The van der Waals surface area contributed by atoms with Gasteiger partial charge in [-0.15, -0.1) is 0 Å². The summed E-state index contributed by atoms with van der Waals surface area (Å²) in [7, 11) is 0. The van der Waals surface area contributed by atoms with Crippen LogP contribution >= 0.6 is 0 Å². The van der Waals surface area contributed by atoms with E-state index in [2.05, 4.69) is 24.1 Å². The van der Waals surface area contributed by atoms with Crippen LogP contribution in [0.4, 0.5) is 4.79 Å². The Morgan fingerprint density at radius 1 is 0.974 bits per heavy atom. The summed E-state index contributed by atoms with van der Waals surface area (Å²) in [6.45, 7) is 11.5. The first-order chi connectivity index (χ1) is 18.3. The van der Waals surface area contributed by atoms with Crippen molar-refractivity contribution in [2.24, 2.45) is 0 Å². The number of hydrogen-bond acceptors (Lipinski definition) is 5. The highest BCUT2D eigenvalue weighted by atomic mass is 16.5. The molecule has 0 aromatic heterocycles. The highest BCUT2D eigenvalue weighted by Gasteiger charge is 2.38. The standard InChI is InChI=1S/C30H38N4O4/c1-5-34-25(20-32-16-18-33(19-17-32)28(35)24-10-8-7-9-11-24)26(29(36)38-6-2)27(31-30(34)37)23-14-12-22(13-15-23)21(3)4/h7-15,21,27H,5-6,16-20H2,1-4H3,(H,31,37). The molecule has 38 heavy (non-hydrogen) atoms. The van der Waals surface area contributed by atoms with Gasteiger partial charge >= 0.3 is 12.0 Å². The van der Waals surface area contributed by atoms with E-state index in [0.29, 0.717) is 62.0 Å². The van der Waals surface area contributed by atoms with E-state index in [9.17, 15) is 14.4 Å². The SMILES string of the molecule is CCOC(=O)C1=C(CN2CCN(C(=O)c3ccccc3)CC2)N(CC)C(=O)NC1c1ccc(C(C)C)cc1. The van der Waals surface area contributed by atoms with Gasteiger partial charge in [0.2, 0.25) is 0 Å². The number of hydrogen-bond donors (Lipinski definition) is 1. The van der Waals surface area contributed by atoms with Crippen molar-refractivity contribution in [1.29, 1.82) is 0 Å². The number of carbonyl (C=O) groups excluding carboxylic acids is 3. The lowest BCUT2D eigenvalue weighted by atomic mass is 9.92. The Labute approximate surface area is 225 Å². The van der Waals surface area contributed by atoms with Crippen molar-refractivity contribution in [3.05, 3.63) is 82.6 Å². The Kier molecular flexibility index (Phi) is 8.84. The molecule has 1 fully saturated rings. The van der Waals surface area contributed by atoms with E-state index in [4.69, 9.17) is 4.74 Å². The van der Waals surface area contributed by atoms with Gasteiger partial charge < -0.3 is 15.0 Å². The topological polar surface area (TPSA) is 82.2 Å². The van der Waals surface area contributed by atoms with Gasteiger partial charge in [0.15, 0.2) is 0 Å². The Bertz CT molecular complexity index is 1170. The number of likely N-dealkylation sites (N-methyl/N-ethyl adjacent to an activating group) is 1. The predicted octanol–water partition coefficient (Wildman–Crippen LogP) is 4.17. The lowest BCUT2D eigenvalue weighted by Crippen LogP contribution is -2.53. The number of benzene rings is 2. The third-order valence-electron chi connectivity index (χ3n) is 7.24. The lowest BCUT2D eigenvalue weighted by molar-refractivity contribution is -0.139. The number of ether oxygens (including phenoxy) is 1. The first-order valence-corrected chi connectivity index (χ1v) is 13.5. The van der Waals surface area contributed by atoms with Crippen LogP contribution in [0.3, 0.4) is 0 Å². The highest BCUT2D eigenvalue weighted by molar-refractivity contribution is 5.95. The molecule has 0 saturated carbocycles. The summed E-state index contributed by atoms with van der Waals surface area (Å²) in [4.78, 5) is 45.1. The van der Waals surface area contributed by atoms with E-state index in [1.165, 1.54) is 5.56 Å². The second-order valence-electron chi connectivity index (χ2n) is 9.96. The van der Waals surface area contributed by atoms with E-state index >= 15 is 0 Å². The fraction of sp³-hybridized carbons (Fsp3) is 0.433. The van der Waals surface area contributed by atoms with Gasteiger partial charge in [-0.1, -0.05) is 56.3 Å². The largest absolute Gasteiger partial charge is 0.463 e. The van der Waals surface area contributed by atoms with Crippen LogP contribution < -0.4 is 5.32 Å². The molecule has 1 N–H and O–H groups in total. The van der Waals surface area contributed by atoms with Crippen LogP contribution in [0.25, 0.3) is 0 Å². The molecule has 3 amide bonds. The summed E-state index contributed by atoms with van der Waals surface area (Å²) < 4.78 is 5.49. The third kappa shape index (κ3) is 5.91. The van der Waals surface area contributed by atoms with Crippen molar-refractivity contribution in [3.63, 3.8) is 0 Å². The molecule has 4 rings (SSSR count). The predicted molar refractivity (Wildman–Crippen MR) is 147 cm³/mol. The molecule has 202 valence electrons. The van der Waals surface area contributed by atoms with Crippen molar-refractivity contribution in [3.8, 4) is 0 Å². The molecule has 0 spiro atoms. The first-order valence-electron chi connectivity index (χ1n) is 13.5. The van der Waals surface area contributed by atoms with E-state index in [-0.39, 0.29) is 18.5 Å². The van der Waals surface area contributed by atoms with Crippen LogP contribution in [0.2, 0.25) is 0 Å². The van der Waals surface area contributed by atoms with Crippen molar-refractivity contribution in [2.75, 3.05) is 45.9 Å². The highest BCUT2D eigenvalue weighted by Crippen LogP contribution is 2.33. The van der Waals surface area contributed by atoms with Gasteiger partial charge in [-0.3, -0.25) is 14.6 Å². The smallest absolute Gasteiger partial charge is 0.338 e. The Balaban J connectivity index is 1.60. The number of nitrogens with zero attached hydrogens (tertiary/aromatic N) is 3. The third-order valence-corrected chi connectivity index (χ3v) is 7.24. The molecule has 2 heterocycles. The van der Waals surface area contributed by atoms with Gasteiger partial charge in [0, 0.05) is 50.5 Å². The second kappa shape index (κ2) is 12.3. The Hall–Kier alpha value is -3.65. The summed E-state index contributed by atoms with van der Waals surface area (Å²) in [5, 5.41) is 3.04. The number of rotatable bonds is 8. The van der Waals surface area contributed by atoms with Crippen LogP contribution in [0.1, 0.15) is 61.1 Å². The van der Waals surface area contributed by atoms with Gasteiger partial charge in [0.05, 0.1) is 18.2 Å². The molecule has 8 heteroatoms. The van der Waals surface area contributed by atoms with E-state index < -0.39 is 12.0 Å². The number of carbonyl (C=O) groups is 3. The van der Waals surface area contributed by atoms with Gasteiger partial charge in [0.25, 0.3) is 5.91 Å². The first kappa shape index (κ1) is 27.4. The summed E-state index contributed by atoms with van der Waals surface area (Å²) in [6.07, 6.45) is 0. The summed E-state index contributed by atoms with van der Waals surface area (Å²) in [5.74, 6) is -0.0192. The van der Waals surface area contributed by atoms with Crippen LogP contribution in [-0.2, 0) is 9.53 Å². The summed E-state index contributed by atoms with van der Waals surface area (Å²) >= 11 is 0. The Morgan fingerprint density at radius 2 is 1.63 bits per heavy atom. The number of nitrogens with one attached hydrogen (secondary N) is 1. The molecule has 1 unspecified atom stereocenters. The minimum atomic E-state index is -0.596. The van der Waals surface area contributed by atoms with E-state index in [1.54, 1.807) is 11.8 Å². The van der Waals surface area contributed by atoms with Gasteiger partial charge in [0.1, 0.15) is 0 Å². The number of amides is 3. The van der Waals surface area contributed by atoms with Gasteiger partial charge in [-0.2, -0.15) is 0 Å². The van der Waals surface area contributed by atoms with Gasteiger partial charge in [-0.25, -0.2) is 9.59 Å². The van der Waals surface area contributed by atoms with E-state index in [0.717, 1.165) is 5.56 Å². The minimum Gasteiger partial charge on any atom is -0.463 e. The molecular weight excluding hydrogens is 480 g/mol. The number of piperazine rings is 1. The van der Waals surface area contributed by atoms with Crippen molar-refractivity contribution >= 4 is 17.9 Å². The van der Waals surface area contributed by atoms with Crippen LogP contribution in [0.15, 0.2) is 65.9 Å². The van der Waals surface area contributed by atoms with Crippen LogP contribution in [0, 0.1) is 0 Å². The van der Waals surface area contributed by atoms with Crippen molar-refractivity contribution in [1.82, 2.24) is 20.0 Å². The molecule has 1 saturated heterocycles. The average Bonchev–Trinajstić information content (AvgIpc) is 2.93. The maximum Gasteiger partial charge on any atom is 0.338 e. The maximum atomic E-state index is 13.3. The zero-order valence-corrected chi connectivity index (χ0v) is 22.8. The quantitative estimate of drug-likeness (QED) is 0.531. The number of urea groups is 1. The molecule has 8 nitrogen and oxygen atoms in total. The minimum absolute atomic E-state index is 0.0221. The molecule has 2 aliphatic rings. The molecular formula is C30H38N4O4. The van der Waals surface area contributed by atoms with E-state index in [1.807, 2.05) is 66.4 Å². The fourth-order valence-electron chi connectivity index (χ4n) is 5.07. The average molecular weight is 519 g/mol. The molecule has 2 aliphatic heterocycles. The summed E-state index contributed by atoms with van der Waals surface area (Å²) in [5.41, 5.74) is 3.85. The Morgan fingerprint density at radius 3 is 2.21 bits per heavy atom. The van der Waals surface area contributed by atoms with Crippen LogP contribution in [0.5, 0.6) is 0 Å². The molecule has 2 aromatic carbocycles. The summed E-state index contributed by atoms with van der Waals surface area (Å²) in [6, 6.07) is 16.5. The normalized spacial score (nSPS) is 18.6. The molecule has 2 aromatic rings. The lowest BCUT2D eigenvalue weighted by Gasteiger charge is -2.40. The molecule has 0 bridgehead atoms. The number of esters is 1. The molecule has 1 atom stereocenters. The van der Waals surface area contributed by atoms with Crippen molar-refractivity contribution in [2.45, 2.75) is 39.7 Å². The van der Waals surface area contributed by atoms with Crippen LogP contribution in [-0.4, -0.2) is 78.5 Å². The second-order valence-corrected chi connectivity index (χ2v) is 9.96. The zero-order valence-electron chi connectivity index (χ0n) is 22.8. The molecule has 0 radical (unpaired) electrons. The van der Waals surface area contributed by atoms with Crippen molar-refractivity contribution < 1.29 is 19.1 Å².